The minimum Gasteiger partial charge on any atom is -0.384 e. The fraction of sp³-hybridized carbons (Fsp3) is 0.500. The number of benzene rings is 1. The number of hydrogen-bond donors (Lipinski definition) is 1. The molecule has 0 spiro atoms. The highest BCUT2D eigenvalue weighted by atomic mass is 14.9. The summed E-state index contributed by atoms with van der Waals surface area (Å²) in [4.78, 5) is 0. The first-order valence-electron chi connectivity index (χ1n) is 4.95. The molecule has 0 fully saturated rings. The molecule has 0 saturated carbocycles. The largest absolute Gasteiger partial charge is 0.384 e. The third-order valence-corrected chi connectivity index (χ3v) is 2.47. The molecular weight excluding hydrogens is 158 g/mol. The lowest BCUT2D eigenvalue weighted by Crippen LogP contribution is -2.11. The second-order valence-electron chi connectivity index (χ2n) is 4.97. The van der Waals surface area contributed by atoms with Crippen molar-refractivity contribution < 1.29 is 0 Å². The Morgan fingerprint density at radius 3 is 2.31 bits per heavy atom. The van der Waals surface area contributed by atoms with E-state index in [2.05, 4.69) is 44.3 Å². The third-order valence-electron chi connectivity index (χ3n) is 2.47. The minimum absolute atomic E-state index is 0.437. The molecule has 2 rings (SSSR count). The van der Waals surface area contributed by atoms with Gasteiger partial charge < -0.3 is 5.32 Å². The SMILES string of the molecule is CC(C)(C)CCNc1c2cccc1-2. The Morgan fingerprint density at radius 2 is 1.77 bits per heavy atom. The van der Waals surface area contributed by atoms with Crippen LogP contribution in [0.3, 0.4) is 0 Å². The first-order chi connectivity index (χ1) is 6.08. The van der Waals surface area contributed by atoms with Crippen LogP contribution in [0, 0.1) is 5.41 Å². The Hall–Kier alpha value is -0.980. The second kappa shape index (κ2) is 2.76. The van der Waals surface area contributed by atoms with E-state index in [0.29, 0.717) is 5.41 Å². The quantitative estimate of drug-likeness (QED) is 0.752. The van der Waals surface area contributed by atoms with Crippen molar-refractivity contribution in [3.8, 4) is 11.1 Å². The Bertz CT molecular complexity index is 300. The van der Waals surface area contributed by atoms with Gasteiger partial charge in [0.2, 0.25) is 0 Å². The van der Waals surface area contributed by atoms with E-state index >= 15 is 0 Å². The van der Waals surface area contributed by atoms with E-state index in [1.807, 2.05) is 0 Å². The lowest BCUT2D eigenvalue weighted by Gasteiger charge is -2.17. The zero-order valence-corrected chi connectivity index (χ0v) is 8.65. The van der Waals surface area contributed by atoms with Crippen LogP contribution < -0.4 is 5.32 Å². The maximum atomic E-state index is 3.48. The van der Waals surface area contributed by atoms with E-state index in [-0.39, 0.29) is 0 Å². The highest BCUT2D eigenvalue weighted by molar-refractivity contribution is 6.04. The predicted molar refractivity (Wildman–Crippen MR) is 58.0 cm³/mol. The molecule has 0 aromatic carbocycles. The predicted octanol–water partition coefficient (Wildman–Crippen LogP) is 3.52. The van der Waals surface area contributed by atoms with Gasteiger partial charge in [0.05, 0.1) is 5.69 Å². The number of para-hydroxylation sites is 1. The van der Waals surface area contributed by atoms with Gasteiger partial charge in [0.25, 0.3) is 0 Å². The Balaban J connectivity index is 1.78. The zero-order chi connectivity index (χ0) is 9.47. The van der Waals surface area contributed by atoms with Crippen LogP contribution in [-0.4, -0.2) is 6.54 Å². The van der Waals surface area contributed by atoms with Gasteiger partial charge in [-0.25, -0.2) is 0 Å². The summed E-state index contributed by atoms with van der Waals surface area (Å²) in [5.74, 6) is 0. The fourth-order valence-corrected chi connectivity index (χ4v) is 1.56. The van der Waals surface area contributed by atoms with Gasteiger partial charge in [-0.15, -0.1) is 0 Å². The molecule has 0 saturated heterocycles. The summed E-state index contributed by atoms with van der Waals surface area (Å²) in [6, 6.07) is 6.46. The standard InChI is InChI=1S/C12H17N/c1-12(2,3)7-8-13-11-9-5-4-6-10(9)11/h4-6,13H,7-8H2,1-3H3. The Kier molecular flexibility index (Phi) is 1.83. The summed E-state index contributed by atoms with van der Waals surface area (Å²) in [5, 5.41) is 3.48. The van der Waals surface area contributed by atoms with Gasteiger partial charge in [0.15, 0.2) is 0 Å². The molecule has 0 heterocycles. The molecule has 0 atom stereocenters. The third kappa shape index (κ3) is 1.85. The Morgan fingerprint density at radius 1 is 1.15 bits per heavy atom. The van der Waals surface area contributed by atoms with E-state index in [1.54, 1.807) is 0 Å². The van der Waals surface area contributed by atoms with Crippen molar-refractivity contribution in [2.45, 2.75) is 27.2 Å². The molecule has 0 aliphatic heterocycles. The van der Waals surface area contributed by atoms with Crippen LogP contribution in [0.25, 0.3) is 11.1 Å². The van der Waals surface area contributed by atoms with Crippen molar-refractivity contribution >= 4 is 5.69 Å². The average Bonchev–Trinajstić information content (AvgIpc) is 2.48. The zero-order valence-electron chi connectivity index (χ0n) is 8.65. The number of rotatable bonds is 3. The van der Waals surface area contributed by atoms with Gasteiger partial charge in [-0.1, -0.05) is 39.0 Å². The summed E-state index contributed by atoms with van der Waals surface area (Å²) in [5.41, 5.74) is 4.67. The van der Waals surface area contributed by atoms with Crippen LogP contribution >= 0.6 is 0 Å². The van der Waals surface area contributed by atoms with Crippen LogP contribution in [0.5, 0.6) is 0 Å². The summed E-state index contributed by atoms with van der Waals surface area (Å²) in [6.45, 7) is 7.92. The highest BCUT2D eigenvalue weighted by Crippen LogP contribution is 2.48. The number of nitrogens with one attached hydrogen (secondary N) is 1. The van der Waals surface area contributed by atoms with Crippen LogP contribution in [-0.2, 0) is 0 Å². The molecule has 0 aromatic rings. The molecule has 0 bridgehead atoms. The molecule has 0 unspecified atom stereocenters. The number of anilines is 1. The summed E-state index contributed by atoms with van der Waals surface area (Å²) in [6.07, 6.45) is 1.22. The van der Waals surface area contributed by atoms with Crippen molar-refractivity contribution in [1.82, 2.24) is 0 Å². The lowest BCUT2D eigenvalue weighted by atomic mass is 9.92. The topological polar surface area (TPSA) is 12.0 Å². The van der Waals surface area contributed by atoms with Gasteiger partial charge >= 0.3 is 0 Å². The van der Waals surface area contributed by atoms with E-state index in [0.717, 1.165) is 6.54 Å². The summed E-state index contributed by atoms with van der Waals surface area (Å²) >= 11 is 0. The van der Waals surface area contributed by atoms with E-state index < -0.39 is 0 Å². The smallest absolute Gasteiger partial charge is 0.0501 e. The highest BCUT2D eigenvalue weighted by Gasteiger charge is 2.23. The summed E-state index contributed by atoms with van der Waals surface area (Å²) in [7, 11) is 0. The summed E-state index contributed by atoms with van der Waals surface area (Å²) < 4.78 is 0. The molecule has 70 valence electrons. The lowest BCUT2D eigenvalue weighted by molar-refractivity contribution is 0.390. The van der Waals surface area contributed by atoms with Gasteiger partial charge in [0, 0.05) is 17.7 Å². The molecule has 1 heteroatoms. The number of fused-ring (bicyclic) bond motifs is 1. The van der Waals surface area contributed by atoms with Crippen molar-refractivity contribution in [2.75, 3.05) is 11.9 Å². The van der Waals surface area contributed by atoms with Gasteiger partial charge in [-0.3, -0.25) is 0 Å². The van der Waals surface area contributed by atoms with Crippen LogP contribution in [0.4, 0.5) is 5.69 Å². The second-order valence-corrected chi connectivity index (χ2v) is 4.97. The maximum Gasteiger partial charge on any atom is 0.0501 e. The molecule has 1 N–H and O–H groups in total. The molecule has 0 aromatic heterocycles. The molecule has 2 aliphatic carbocycles. The van der Waals surface area contributed by atoms with E-state index in [1.165, 1.54) is 23.2 Å². The minimum atomic E-state index is 0.437. The van der Waals surface area contributed by atoms with Crippen LogP contribution in [0.2, 0.25) is 0 Å². The fourth-order valence-electron chi connectivity index (χ4n) is 1.56. The van der Waals surface area contributed by atoms with E-state index in [4.69, 9.17) is 0 Å². The molecule has 0 radical (unpaired) electrons. The van der Waals surface area contributed by atoms with Crippen molar-refractivity contribution in [3.63, 3.8) is 0 Å². The maximum absolute atomic E-state index is 3.48. The molecule has 0 amide bonds. The molecule has 2 aliphatic rings. The average molecular weight is 175 g/mol. The Labute approximate surface area is 80.2 Å². The molecule has 1 nitrogen and oxygen atoms in total. The van der Waals surface area contributed by atoms with E-state index in [9.17, 15) is 0 Å². The van der Waals surface area contributed by atoms with Gasteiger partial charge in [-0.2, -0.15) is 0 Å². The van der Waals surface area contributed by atoms with Crippen LogP contribution in [0.1, 0.15) is 27.2 Å². The monoisotopic (exact) mass is 175 g/mol. The first kappa shape index (κ1) is 8.61. The van der Waals surface area contributed by atoms with Crippen LogP contribution in [0.15, 0.2) is 18.2 Å². The first-order valence-corrected chi connectivity index (χ1v) is 4.95. The molecule has 13 heavy (non-hydrogen) atoms. The van der Waals surface area contributed by atoms with Crippen molar-refractivity contribution in [2.24, 2.45) is 5.41 Å². The van der Waals surface area contributed by atoms with Gasteiger partial charge in [-0.05, 0) is 11.8 Å². The normalized spacial score (nSPS) is 12.8. The molecular formula is C12H17N. The van der Waals surface area contributed by atoms with Gasteiger partial charge in [0.1, 0.15) is 0 Å². The van der Waals surface area contributed by atoms with Crippen molar-refractivity contribution in [1.29, 1.82) is 0 Å². The van der Waals surface area contributed by atoms with Crippen molar-refractivity contribution in [3.05, 3.63) is 18.2 Å². The number of hydrogen-bond acceptors (Lipinski definition) is 1.